The van der Waals surface area contributed by atoms with Crippen molar-refractivity contribution in [3.8, 4) is 5.69 Å². The molecule has 10 nitrogen and oxygen atoms in total. The van der Waals surface area contributed by atoms with Gasteiger partial charge in [0.25, 0.3) is 5.91 Å². The lowest BCUT2D eigenvalue weighted by atomic mass is 9.79. The number of alkyl halides is 3. The van der Waals surface area contributed by atoms with Crippen molar-refractivity contribution in [2.24, 2.45) is 17.1 Å². The number of nitrogens with zero attached hydrogens (tertiary/aromatic N) is 3. The molecule has 2 heterocycles. The van der Waals surface area contributed by atoms with E-state index in [0.29, 0.717) is 35.1 Å². The third kappa shape index (κ3) is 8.12. The minimum absolute atomic E-state index is 0.0426. The molecule has 2 aromatic carbocycles. The van der Waals surface area contributed by atoms with Crippen LogP contribution in [0.4, 0.5) is 28.0 Å². The fourth-order valence-electron chi connectivity index (χ4n) is 6.04. The lowest BCUT2D eigenvalue weighted by Gasteiger charge is -2.36. The Bertz CT molecular complexity index is 1890. The number of primary amides is 1. The Kier molecular flexibility index (Phi) is 10.0. The molecule has 4 aromatic rings. The molecule has 1 aliphatic carbocycles. The standard InChI is InChI=1S/C36H38F4N6O4/c1-21(47)44-35(15-14-22-10-11-22,25-8-6-16-42-20-25)24-12-13-27(37)28(18-24)43-32(48)29-19-30(36(38,39)40)45-46(29)26-9-5-7-23(17-26)31(34(2,3)4)50-33(41)49/h5-9,12-13,16-20,22,31H,10-11,14-15H2,1-4H3,(H2,41,49)(H,43,48)(H,44,47). The topological polar surface area (TPSA) is 141 Å². The molecule has 2 atom stereocenters. The van der Waals surface area contributed by atoms with Crippen LogP contribution in [0.1, 0.15) is 92.4 Å². The minimum atomic E-state index is -4.92. The fourth-order valence-corrected chi connectivity index (χ4v) is 6.04. The van der Waals surface area contributed by atoms with Gasteiger partial charge in [-0.05, 0) is 60.2 Å². The highest BCUT2D eigenvalue weighted by Gasteiger charge is 2.39. The SMILES string of the molecule is CC(=O)NC(CCC1CC1)(c1cccnc1)c1ccc(F)c(NC(=O)c2cc(C(F)(F)F)nn2-c2cccc(C(OC(N)=O)C(C)(C)C)c2)c1. The monoisotopic (exact) mass is 694 g/mol. The number of aromatic nitrogens is 3. The Morgan fingerprint density at radius 2 is 1.76 bits per heavy atom. The van der Waals surface area contributed by atoms with E-state index in [2.05, 4.69) is 20.7 Å². The molecule has 2 aromatic heterocycles. The number of pyridine rings is 1. The first-order valence-corrected chi connectivity index (χ1v) is 16.0. The van der Waals surface area contributed by atoms with Crippen LogP contribution in [0, 0.1) is 17.2 Å². The molecule has 4 N–H and O–H groups in total. The number of rotatable bonds is 11. The average Bonchev–Trinajstić information content (AvgIpc) is 3.76. The summed E-state index contributed by atoms with van der Waals surface area (Å²) in [5.74, 6) is -1.81. The Morgan fingerprint density at radius 1 is 1.02 bits per heavy atom. The summed E-state index contributed by atoms with van der Waals surface area (Å²) in [5.41, 5.74) is 2.77. The number of hydrogen-bond donors (Lipinski definition) is 3. The predicted molar refractivity (Wildman–Crippen MR) is 177 cm³/mol. The number of benzene rings is 2. The Balaban J connectivity index is 1.57. The summed E-state index contributed by atoms with van der Waals surface area (Å²) < 4.78 is 63.4. The molecule has 50 heavy (non-hydrogen) atoms. The van der Waals surface area contributed by atoms with Crippen LogP contribution < -0.4 is 16.4 Å². The van der Waals surface area contributed by atoms with Crippen LogP contribution in [-0.2, 0) is 21.2 Å². The van der Waals surface area contributed by atoms with E-state index in [1.807, 2.05) is 0 Å². The van der Waals surface area contributed by atoms with Crippen LogP contribution in [0.3, 0.4) is 0 Å². The maximum Gasteiger partial charge on any atom is 0.435 e. The highest BCUT2D eigenvalue weighted by atomic mass is 19.4. The van der Waals surface area contributed by atoms with Gasteiger partial charge in [0.1, 0.15) is 17.6 Å². The fraction of sp³-hybridized carbons (Fsp3) is 0.361. The van der Waals surface area contributed by atoms with Crippen LogP contribution in [-0.4, -0.2) is 32.7 Å². The molecule has 1 saturated carbocycles. The zero-order chi connectivity index (χ0) is 36.4. The molecule has 0 aliphatic heterocycles. The Labute approximate surface area is 286 Å². The normalized spacial score (nSPS) is 15.1. The van der Waals surface area contributed by atoms with Gasteiger partial charge in [-0.15, -0.1) is 0 Å². The molecule has 0 saturated heterocycles. The van der Waals surface area contributed by atoms with Crippen molar-refractivity contribution in [2.45, 2.75) is 71.2 Å². The number of nitrogens with one attached hydrogen (secondary N) is 2. The molecule has 0 spiro atoms. The second kappa shape index (κ2) is 13.9. The quantitative estimate of drug-likeness (QED) is 0.140. The molecule has 1 aliphatic rings. The van der Waals surface area contributed by atoms with Crippen molar-refractivity contribution >= 4 is 23.6 Å². The van der Waals surface area contributed by atoms with Crippen molar-refractivity contribution in [3.63, 3.8) is 0 Å². The molecule has 1 fully saturated rings. The molecular formula is C36H38F4N6O4. The second-order valence-electron chi connectivity index (χ2n) is 13.6. The number of halogens is 4. The van der Waals surface area contributed by atoms with Crippen LogP contribution in [0.15, 0.2) is 73.1 Å². The van der Waals surface area contributed by atoms with Crippen LogP contribution >= 0.6 is 0 Å². The van der Waals surface area contributed by atoms with Crippen molar-refractivity contribution in [3.05, 3.63) is 107 Å². The number of ether oxygens (including phenoxy) is 1. The molecule has 3 amide bonds. The van der Waals surface area contributed by atoms with Crippen LogP contribution in [0.25, 0.3) is 5.69 Å². The third-order valence-corrected chi connectivity index (χ3v) is 8.55. The zero-order valence-corrected chi connectivity index (χ0v) is 28.0. The number of carbonyl (C=O) groups is 3. The van der Waals surface area contributed by atoms with Gasteiger partial charge in [0.15, 0.2) is 5.69 Å². The van der Waals surface area contributed by atoms with Gasteiger partial charge in [-0.3, -0.25) is 14.6 Å². The van der Waals surface area contributed by atoms with E-state index in [4.69, 9.17) is 10.5 Å². The van der Waals surface area contributed by atoms with E-state index in [1.165, 1.54) is 37.3 Å². The van der Waals surface area contributed by atoms with Gasteiger partial charge in [-0.1, -0.05) is 57.9 Å². The van der Waals surface area contributed by atoms with E-state index < -0.39 is 52.4 Å². The summed E-state index contributed by atoms with van der Waals surface area (Å²) in [5, 5.41) is 9.15. The first kappa shape index (κ1) is 36.0. The summed E-state index contributed by atoms with van der Waals surface area (Å²) in [6.07, 6.45) is -0.348. The van der Waals surface area contributed by atoms with Crippen LogP contribution in [0.2, 0.25) is 0 Å². The van der Waals surface area contributed by atoms with Gasteiger partial charge in [-0.25, -0.2) is 13.9 Å². The Morgan fingerprint density at radius 3 is 2.36 bits per heavy atom. The molecular weight excluding hydrogens is 656 g/mol. The highest BCUT2D eigenvalue weighted by molar-refractivity contribution is 6.03. The average molecular weight is 695 g/mol. The molecule has 5 rings (SSSR count). The molecule has 0 bridgehead atoms. The number of amides is 3. The minimum Gasteiger partial charge on any atom is -0.441 e. The number of hydrogen-bond acceptors (Lipinski definition) is 6. The predicted octanol–water partition coefficient (Wildman–Crippen LogP) is 7.43. The lowest BCUT2D eigenvalue weighted by molar-refractivity contribution is -0.141. The van der Waals surface area contributed by atoms with Crippen molar-refractivity contribution in [1.29, 1.82) is 0 Å². The van der Waals surface area contributed by atoms with E-state index in [1.54, 1.807) is 51.4 Å². The molecule has 2 unspecified atom stereocenters. The summed E-state index contributed by atoms with van der Waals surface area (Å²) in [6, 6.07) is 14.0. The first-order valence-electron chi connectivity index (χ1n) is 16.0. The smallest absolute Gasteiger partial charge is 0.435 e. The van der Waals surface area contributed by atoms with Crippen molar-refractivity contribution in [1.82, 2.24) is 20.1 Å². The van der Waals surface area contributed by atoms with Gasteiger partial charge < -0.3 is 21.1 Å². The van der Waals surface area contributed by atoms with Crippen molar-refractivity contribution in [2.75, 3.05) is 5.32 Å². The second-order valence-corrected chi connectivity index (χ2v) is 13.6. The van der Waals surface area contributed by atoms with Gasteiger partial charge in [0, 0.05) is 36.4 Å². The number of carbonyl (C=O) groups excluding carboxylic acids is 3. The van der Waals surface area contributed by atoms with E-state index in [-0.39, 0.29) is 17.3 Å². The molecule has 264 valence electrons. The molecule has 0 radical (unpaired) electrons. The summed E-state index contributed by atoms with van der Waals surface area (Å²) >= 11 is 0. The van der Waals surface area contributed by atoms with Crippen molar-refractivity contribution < 1.29 is 36.7 Å². The summed E-state index contributed by atoms with van der Waals surface area (Å²) in [7, 11) is 0. The van der Waals surface area contributed by atoms with E-state index in [9.17, 15) is 27.6 Å². The van der Waals surface area contributed by atoms with Gasteiger partial charge >= 0.3 is 12.3 Å². The highest BCUT2D eigenvalue weighted by Crippen LogP contribution is 2.42. The van der Waals surface area contributed by atoms with Crippen LogP contribution in [0.5, 0.6) is 0 Å². The summed E-state index contributed by atoms with van der Waals surface area (Å²) in [6.45, 7) is 6.72. The Hall–Kier alpha value is -5.27. The first-order chi connectivity index (χ1) is 23.5. The lowest BCUT2D eigenvalue weighted by Crippen LogP contribution is -2.46. The van der Waals surface area contributed by atoms with Gasteiger partial charge in [-0.2, -0.15) is 18.3 Å². The molecule has 14 heteroatoms. The maximum atomic E-state index is 15.4. The number of anilines is 1. The third-order valence-electron chi connectivity index (χ3n) is 8.55. The van der Waals surface area contributed by atoms with E-state index >= 15 is 4.39 Å². The van der Waals surface area contributed by atoms with Gasteiger partial charge in [0.05, 0.1) is 16.9 Å². The largest absolute Gasteiger partial charge is 0.441 e. The number of nitrogens with two attached hydrogens (primary N) is 1. The maximum absolute atomic E-state index is 15.4. The van der Waals surface area contributed by atoms with Gasteiger partial charge in [0.2, 0.25) is 5.91 Å². The summed E-state index contributed by atoms with van der Waals surface area (Å²) in [4.78, 5) is 42.3. The van der Waals surface area contributed by atoms with E-state index in [0.717, 1.165) is 30.0 Å². The zero-order valence-electron chi connectivity index (χ0n) is 28.0.